The van der Waals surface area contributed by atoms with E-state index in [-0.39, 0.29) is 36.1 Å². The lowest BCUT2D eigenvalue weighted by Crippen LogP contribution is -2.44. The molecule has 28 heavy (non-hydrogen) atoms. The van der Waals surface area contributed by atoms with Crippen LogP contribution in [0.4, 0.5) is 8.78 Å². The molecule has 1 saturated heterocycles. The van der Waals surface area contributed by atoms with E-state index in [9.17, 15) is 8.78 Å². The van der Waals surface area contributed by atoms with Crippen molar-refractivity contribution in [2.45, 2.75) is 13.0 Å². The topological polar surface area (TPSA) is 52.1 Å². The second-order valence-corrected chi connectivity index (χ2v) is 6.72. The van der Waals surface area contributed by atoms with Crippen molar-refractivity contribution in [3.05, 3.63) is 35.4 Å². The smallest absolute Gasteiger partial charge is 0.191 e. The Morgan fingerprint density at radius 3 is 2.43 bits per heavy atom. The zero-order valence-electron chi connectivity index (χ0n) is 16.9. The van der Waals surface area contributed by atoms with Crippen molar-refractivity contribution in [2.75, 3.05) is 66.6 Å². The fraction of sp³-hybridized carbons (Fsp3) is 0.632. The highest BCUT2D eigenvalue weighted by atomic mass is 127. The van der Waals surface area contributed by atoms with E-state index >= 15 is 0 Å². The molecular weight excluding hydrogens is 479 g/mol. The van der Waals surface area contributed by atoms with Gasteiger partial charge in [0.15, 0.2) is 5.96 Å². The van der Waals surface area contributed by atoms with Crippen LogP contribution in [0.5, 0.6) is 0 Å². The first-order valence-corrected chi connectivity index (χ1v) is 9.45. The van der Waals surface area contributed by atoms with Crippen molar-refractivity contribution in [3.63, 3.8) is 0 Å². The Morgan fingerprint density at radius 1 is 1.21 bits per heavy atom. The molecule has 2 rings (SSSR count). The van der Waals surface area contributed by atoms with E-state index in [4.69, 9.17) is 4.74 Å². The Bertz CT molecular complexity index is 592. The van der Waals surface area contributed by atoms with Crippen molar-refractivity contribution >= 4 is 29.9 Å². The van der Waals surface area contributed by atoms with Gasteiger partial charge in [-0.05, 0) is 33.2 Å². The number of hydrogen-bond acceptors (Lipinski definition) is 4. The summed E-state index contributed by atoms with van der Waals surface area (Å²) in [6.07, 6.45) is 0. The summed E-state index contributed by atoms with van der Waals surface area (Å²) in [6, 6.07) is 3.46. The lowest BCUT2D eigenvalue weighted by Gasteiger charge is -2.27. The van der Waals surface area contributed by atoms with Gasteiger partial charge >= 0.3 is 0 Å². The van der Waals surface area contributed by atoms with E-state index in [1.54, 1.807) is 19.0 Å². The minimum atomic E-state index is -0.547. The molecular formula is C19H32F2IN5O. The van der Waals surface area contributed by atoms with Crippen molar-refractivity contribution in [3.8, 4) is 0 Å². The van der Waals surface area contributed by atoms with Crippen molar-refractivity contribution in [1.82, 2.24) is 20.4 Å². The number of nitrogens with zero attached hydrogens (tertiary/aromatic N) is 3. The van der Waals surface area contributed by atoms with Crippen LogP contribution < -0.4 is 10.6 Å². The highest BCUT2D eigenvalue weighted by molar-refractivity contribution is 14.0. The van der Waals surface area contributed by atoms with Crippen molar-refractivity contribution < 1.29 is 13.5 Å². The van der Waals surface area contributed by atoms with E-state index in [1.165, 1.54) is 18.2 Å². The Balaban J connectivity index is 0.00000392. The Hall–Kier alpha value is -1.04. The van der Waals surface area contributed by atoms with Crippen LogP contribution in [-0.2, 0) is 4.74 Å². The monoisotopic (exact) mass is 511 g/mol. The third-order valence-electron chi connectivity index (χ3n) is 4.55. The fourth-order valence-electron chi connectivity index (χ4n) is 3.02. The lowest BCUT2D eigenvalue weighted by atomic mass is 10.0. The standard InChI is InChI=1S/C19H31F2N5O.HI/c1-4-22-19(23-8-9-26-10-12-27-13-11-26)24-14-17(25(2)3)18-15(20)6-5-7-16(18)21;/h5-7,17H,4,8-14H2,1-3H3,(H2,22,23,24);1H. The van der Waals surface area contributed by atoms with Gasteiger partial charge in [-0.1, -0.05) is 6.07 Å². The maximum atomic E-state index is 14.2. The average Bonchev–Trinajstić information content (AvgIpc) is 2.64. The van der Waals surface area contributed by atoms with Gasteiger partial charge < -0.3 is 20.3 Å². The summed E-state index contributed by atoms with van der Waals surface area (Å²) in [5.41, 5.74) is 0.0513. The predicted octanol–water partition coefficient (Wildman–Crippen LogP) is 2.07. The molecule has 1 aromatic rings. The summed E-state index contributed by atoms with van der Waals surface area (Å²) in [6.45, 7) is 8.00. The molecule has 160 valence electrons. The predicted molar refractivity (Wildman–Crippen MR) is 119 cm³/mol. The van der Waals surface area contributed by atoms with Crippen molar-refractivity contribution in [1.29, 1.82) is 0 Å². The zero-order valence-corrected chi connectivity index (χ0v) is 19.2. The maximum Gasteiger partial charge on any atom is 0.191 e. The summed E-state index contributed by atoms with van der Waals surface area (Å²) in [5, 5.41) is 6.48. The molecule has 1 fully saturated rings. The molecule has 2 N–H and O–H groups in total. The SMILES string of the molecule is CCNC(=NCC(c1c(F)cccc1F)N(C)C)NCCN1CCOCC1.I. The van der Waals surface area contributed by atoms with Gasteiger partial charge in [0.2, 0.25) is 0 Å². The molecule has 0 aromatic heterocycles. The molecule has 0 amide bonds. The van der Waals surface area contributed by atoms with Crippen LogP contribution in [0.15, 0.2) is 23.2 Å². The Kier molecular flexibility index (Phi) is 11.8. The van der Waals surface area contributed by atoms with E-state index < -0.39 is 17.7 Å². The molecule has 1 heterocycles. The second-order valence-electron chi connectivity index (χ2n) is 6.72. The highest BCUT2D eigenvalue weighted by Gasteiger charge is 2.22. The number of guanidine groups is 1. The van der Waals surface area contributed by atoms with Crippen molar-refractivity contribution in [2.24, 2.45) is 4.99 Å². The molecule has 1 aliphatic rings. The molecule has 0 radical (unpaired) electrons. The summed E-state index contributed by atoms with van der Waals surface area (Å²) < 4.78 is 33.7. The van der Waals surface area contributed by atoms with E-state index in [2.05, 4.69) is 20.5 Å². The maximum absolute atomic E-state index is 14.2. The number of benzene rings is 1. The van der Waals surface area contributed by atoms with Crippen LogP contribution in [0.3, 0.4) is 0 Å². The van der Waals surface area contributed by atoms with Crippen LogP contribution in [0.2, 0.25) is 0 Å². The molecule has 0 spiro atoms. The first-order chi connectivity index (χ1) is 13.0. The summed E-state index contributed by atoms with van der Waals surface area (Å²) >= 11 is 0. The third-order valence-corrected chi connectivity index (χ3v) is 4.55. The second kappa shape index (κ2) is 13.2. The molecule has 0 aliphatic carbocycles. The summed E-state index contributed by atoms with van der Waals surface area (Å²) in [7, 11) is 3.59. The van der Waals surface area contributed by atoms with Crippen LogP contribution in [-0.4, -0.2) is 82.3 Å². The molecule has 1 aliphatic heterocycles. The number of morpholine rings is 1. The minimum absolute atomic E-state index is 0. The van der Waals surface area contributed by atoms with Gasteiger partial charge in [-0.2, -0.15) is 0 Å². The first-order valence-electron chi connectivity index (χ1n) is 9.45. The van der Waals surface area contributed by atoms with Gasteiger partial charge in [-0.3, -0.25) is 9.89 Å². The van der Waals surface area contributed by atoms with E-state index in [0.29, 0.717) is 12.5 Å². The van der Waals surface area contributed by atoms with Crippen LogP contribution in [0, 0.1) is 11.6 Å². The van der Waals surface area contributed by atoms with Crippen LogP contribution in [0.25, 0.3) is 0 Å². The van der Waals surface area contributed by atoms with Gasteiger partial charge in [0, 0.05) is 38.3 Å². The summed E-state index contributed by atoms with van der Waals surface area (Å²) in [4.78, 5) is 8.66. The molecule has 9 heteroatoms. The number of hydrogen-bond donors (Lipinski definition) is 2. The largest absolute Gasteiger partial charge is 0.379 e. The molecule has 0 bridgehead atoms. The number of nitrogens with one attached hydrogen (secondary N) is 2. The molecule has 1 unspecified atom stereocenters. The lowest BCUT2D eigenvalue weighted by molar-refractivity contribution is 0.0389. The minimum Gasteiger partial charge on any atom is -0.379 e. The quantitative estimate of drug-likeness (QED) is 0.318. The van der Waals surface area contributed by atoms with Gasteiger partial charge in [0.1, 0.15) is 11.6 Å². The molecule has 1 atom stereocenters. The first kappa shape index (κ1) is 25.0. The Labute approximate surface area is 183 Å². The van der Waals surface area contributed by atoms with E-state index in [0.717, 1.165) is 39.4 Å². The number of rotatable bonds is 8. The fourth-order valence-corrected chi connectivity index (χ4v) is 3.02. The number of likely N-dealkylation sites (N-methyl/N-ethyl adjacent to an activating group) is 1. The van der Waals surface area contributed by atoms with E-state index in [1.807, 2.05) is 6.92 Å². The van der Waals surface area contributed by atoms with Crippen LogP contribution >= 0.6 is 24.0 Å². The van der Waals surface area contributed by atoms with Gasteiger partial charge in [0.05, 0.1) is 25.8 Å². The molecule has 6 nitrogen and oxygen atoms in total. The third kappa shape index (κ3) is 7.76. The number of halogens is 3. The average molecular weight is 511 g/mol. The number of ether oxygens (including phenoxy) is 1. The highest BCUT2D eigenvalue weighted by Crippen LogP contribution is 2.24. The normalized spacial score (nSPS) is 16.6. The van der Waals surface area contributed by atoms with Crippen LogP contribution in [0.1, 0.15) is 18.5 Å². The zero-order chi connectivity index (χ0) is 19.6. The molecule has 1 aromatic carbocycles. The number of aliphatic imine (C=N–C) groups is 1. The van der Waals surface area contributed by atoms with Gasteiger partial charge in [0.25, 0.3) is 0 Å². The van der Waals surface area contributed by atoms with Gasteiger partial charge in [-0.15, -0.1) is 24.0 Å². The summed E-state index contributed by atoms with van der Waals surface area (Å²) in [5.74, 6) is -0.447. The molecule has 0 saturated carbocycles. The Morgan fingerprint density at radius 2 is 1.86 bits per heavy atom. The van der Waals surface area contributed by atoms with Gasteiger partial charge in [-0.25, -0.2) is 8.78 Å².